The molecule has 21 heavy (non-hydrogen) atoms. The third-order valence-corrected chi connectivity index (χ3v) is 3.36. The first-order chi connectivity index (χ1) is 10.0. The molecule has 0 saturated heterocycles. The highest BCUT2D eigenvalue weighted by Crippen LogP contribution is 2.13. The summed E-state index contributed by atoms with van der Waals surface area (Å²) in [7, 11) is 0. The Labute approximate surface area is 126 Å². The van der Waals surface area contributed by atoms with Crippen LogP contribution in [0.25, 0.3) is 0 Å². The lowest BCUT2D eigenvalue weighted by molar-refractivity contribution is -0.122. The predicted octanol–water partition coefficient (Wildman–Crippen LogP) is 3.41. The number of hydrogen-bond donors (Lipinski definition) is 2. The van der Waals surface area contributed by atoms with Crippen molar-refractivity contribution in [3.63, 3.8) is 0 Å². The van der Waals surface area contributed by atoms with Crippen molar-refractivity contribution in [3.05, 3.63) is 23.2 Å². The lowest BCUT2D eigenvalue weighted by Crippen LogP contribution is -2.41. The minimum absolute atomic E-state index is 0.156. The minimum atomic E-state index is -0.347. The van der Waals surface area contributed by atoms with E-state index >= 15 is 0 Å². The molecule has 5 nitrogen and oxygen atoms in total. The monoisotopic (exact) mass is 294 g/mol. The third kappa shape index (κ3) is 6.47. The SMILES string of the molecule is CCCCCCCCC(=O)NNC(=O)c1cc(C)oc1C. The van der Waals surface area contributed by atoms with Gasteiger partial charge in [0.05, 0.1) is 5.56 Å². The minimum Gasteiger partial charge on any atom is -0.466 e. The Bertz CT molecular complexity index is 466. The zero-order chi connectivity index (χ0) is 15.7. The van der Waals surface area contributed by atoms with Gasteiger partial charge in [0.2, 0.25) is 5.91 Å². The standard InChI is InChI=1S/C16H26N2O3/c1-4-5-6-7-8-9-10-15(19)17-18-16(20)14-11-12(2)21-13(14)3/h11H,4-10H2,1-3H3,(H,17,19)(H,18,20). The average molecular weight is 294 g/mol. The molecule has 0 aliphatic rings. The van der Waals surface area contributed by atoms with E-state index in [1.807, 2.05) is 0 Å². The summed E-state index contributed by atoms with van der Waals surface area (Å²) < 4.78 is 5.28. The van der Waals surface area contributed by atoms with Gasteiger partial charge < -0.3 is 4.42 Å². The number of amides is 2. The molecule has 0 bridgehead atoms. The van der Waals surface area contributed by atoms with Gasteiger partial charge in [-0.05, 0) is 26.3 Å². The van der Waals surface area contributed by atoms with E-state index in [1.54, 1.807) is 19.9 Å². The topological polar surface area (TPSA) is 71.3 Å². The van der Waals surface area contributed by atoms with Gasteiger partial charge in [0, 0.05) is 6.42 Å². The quantitative estimate of drug-likeness (QED) is 0.570. The van der Waals surface area contributed by atoms with E-state index in [0.29, 0.717) is 23.5 Å². The second-order valence-corrected chi connectivity index (χ2v) is 5.35. The maximum Gasteiger partial charge on any atom is 0.273 e. The molecule has 5 heteroatoms. The summed E-state index contributed by atoms with van der Waals surface area (Å²) >= 11 is 0. The second kappa shape index (κ2) is 9.21. The van der Waals surface area contributed by atoms with Crippen LogP contribution in [0.5, 0.6) is 0 Å². The molecule has 2 amide bonds. The van der Waals surface area contributed by atoms with Crippen LogP contribution in [-0.2, 0) is 4.79 Å². The number of unbranched alkanes of at least 4 members (excludes halogenated alkanes) is 5. The fourth-order valence-corrected chi connectivity index (χ4v) is 2.18. The van der Waals surface area contributed by atoms with Crippen LogP contribution in [0, 0.1) is 13.8 Å². The number of hydrazine groups is 1. The van der Waals surface area contributed by atoms with Crippen LogP contribution in [0.2, 0.25) is 0 Å². The summed E-state index contributed by atoms with van der Waals surface area (Å²) in [6, 6.07) is 1.66. The van der Waals surface area contributed by atoms with Crippen molar-refractivity contribution < 1.29 is 14.0 Å². The largest absolute Gasteiger partial charge is 0.466 e. The number of carbonyl (C=O) groups excluding carboxylic acids is 2. The van der Waals surface area contributed by atoms with Crippen molar-refractivity contribution >= 4 is 11.8 Å². The van der Waals surface area contributed by atoms with Crippen molar-refractivity contribution in [1.29, 1.82) is 0 Å². The van der Waals surface area contributed by atoms with E-state index in [-0.39, 0.29) is 11.8 Å². The van der Waals surface area contributed by atoms with E-state index in [4.69, 9.17) is 4.42 Å². The fraction of sp³-hybridized carbons (Fsp3) is 0.625. The third-order valence-electron chi connectivity index (χ3n) is 3.36. The molecule has 0 spiro atoms. The van der Waals surface area contributed by atoms with Crippen molar-refractivity contribution in [2.45, 2.75) is 65.7 Å². The lowest BCUT2D eigenvalue weighted by Gasteiger charge is -2.06. The molecule has 0 aliphatic carbocycles. The van der Waals surface area contributed by atoms with Gasteiger partial charge in [-0.15, -0.1) is 0 Å². The molecule has 2 N–H and O–H groups in total. The van der Waals surface area contributed by atoms with Gasteiger partial charge in [0.1, 0.15) is 11.5 Å². The van der Waals surface area contributed by atoms with Gasteiger partial charge in [-0.3, -0.25) is 20.4 Å². The molecule has 0 saturated carbocycles. The van der Waals surface area contributed by atoms with Gasteiger partial charge in [0.15, 0.2) is 0 Å². The summed E-state index contributed by atoms with van der Waals surface area (Å²) in [5.74, 6) is 0.726. The molecule has 1 aromatic rings. The second-order valence-electron chi connectivity index (χ2n) is 5.35. The number of rotatable bonds is 8. The normalized spacial score (nSPS) is 10.4. The zero-order valence-corrected chi connectivity index (χ0v) is 13.3. The number of hydrogen-bond acceptors (Lipinski definition) is 3. The summed E-state index contributed by atoms with van der Waals surface area (Å²) in [6.07, 6.45) is 7.23. The van der Waals surface area contributed by atoms with E-state index in [2.05, 4.69) is 17.8 Å². The van der Waals surface area contributed by atoms with Crippen LogP contribution >= 0.6 is 0 Å². The maximum atomic E-state index is 11.8. The number of carbonyl (C=O) groups is 2. The smallest absolute Gasteiger partial charge is 0.273 e. The molecule has 0 fully saturated rings. The van der Waals surface area contributed by atoms with Crippen LogP contribution < -0.4 is 10.9 Å². The Morgan fingerprint density at radius 3 is 2.33 bits per heavy atom. The number of aryl methyl sites for hydroxylation is 2. The maximum absolute atomic E-state index is 11.8. The Hall–Kier alpha value is -1.78. The fourth-order valence-electron chi connectivity index (χ4n) is 2.18. The molecule has 1 heterocycles. The van der Waals surface area contributed by atoms with Gasteiger partial charge in [-0.2, -0.15) is 0 Å². The van der Waals surface area contributed by atoms with Crippen LogP contribution in [-0.4, -0.2) is 11.8 Å². The van der Waals surface area contributed by atoms with E-state index in [1.165, 1.54) is 25.7 Å². The van der Waals surface area contributed by atoms with Gasteiger partial charge >= 0.3 is 0 Å². The van der Waals surface area contributed by atoms with Gasteiger partial charge in [0.25, 0.3) is 5.91 Å². The average Bonchev–Trinajstić information content (AvgIpc) is 2.79. The summed E-state index contributed by atoms with van der Waals surface area (Å²) in [6.45, 7) is 5.68. The van der Waals surface area contributed by atoms with E-state index < -0.39 is 0 Å². The Morgan fingerprint density at radius 1 is 1.05 bits per heavy atom. The van der Waals surface area contributed by atoms with Gasteiger partial charge in [-0.25, -0.2) is 0 Å². The molecule has 118 valence electrons. The van der Waals surface area contributed by atoms with Crippen LogP contribution in [0.4, 0.5) is 0 Å². The molecule has 0 unspecified atom stereocenters. The van der Waals surface area contributed by atoms with E-state index in [0.717, 1.165) is 12.8 Å². The highest BCUT2D eigenvalue weighted by molar-refractivity contribution is 5.96. The van der Waals surface area contributed by atoms with Crippen molar-refractivity contribution in [2.24, 2.45) is 0 Å². The molecule has 0 radical (unpaired) electrons. The van der Waals surface area contributed by atoms with Crippen LogP contribution in [0.3, 0.4) is 0 Å². The first kappa shape index (κ1) is 17.3. The number of nitrogens with one attached hydrogen (secondary N) is 2. The Kier molecular flexibility index (Phi) is 7.58. The molecular formula is C16H26N2O3. The van der Waals surface area contributed by atoms with Crippen LogP contribution in [0.15, 0.2) is 10.5 Å². The number of furan rings is 1. The van der Waals surface area contributed by atoms with E-state index in [9.17, 15) is 9.59 Å². The van der Waals surface area contributed by atoms with Crippen molar-refractivity contribution in [1.82, 2.24) is 10.9 Å². The van der Waals surface area contributed by atoms with Crippen molar-refractivity contribution in [2.75, 3.05) is 0 Å². The molecule has 1 aromatic heterocycles. The highest BCUT2D eigenvalue weighted by atomic mass is 16.3. The Morgan fingerprint density at radius 2 is 1.71 bits per heavy atom. The first-order valence-corrected chi connectivity index (χ1v) is 7.70. The summed E-state index contributed by atoms with van der Waals surface area (Å²) in [5, 5.41) is 0. The molecule has 0 atom stereocenters. The predicted molar refractivity (Wildman–Crippen MR) is 81.8 cm³/mol. The Balaban J connectivity index is 2.18. The molecule has 1 rings (SSSR count). The molecular weight excluding hydrogens is 268 g/mol. The summed E-state index contributed by atoms with van der Waals surface area (Å²) in [5.41, 5.74) is 5.31. The van der Waals surface area contributed by atoms with Gasteiger partial charge in [-0.1, -0.05) is 39.0 Å². The molecule has 0 aliphatic heterocycles. The first-order valence-electron chi connectivity index (χ1n) is 7.70. The summed E-state index contributed by atoms with van der Waals surface area (Å²) in [4.78, 5) is 23.5. The lowest BCUT2D eigenvalue weighted by atomic mass is 10.1. The van der Waals surface area contributed by atoms with Crippen LogP contribution in [0.1, 0.15) is 73.7 Å². The highest BCUT2D eigenvalue weighted by Gasteiger charge is 2.13. The van der Waals surface area contributed by atoms with Crippen molar-refractivity contribution in [3.8, 4) is 0 Å². The molecule has 0 aromatic carbocycles. The zero-order valence-electron chi connectivity index (χ0n) is 13.3.